The highest BCUT2D eigenvalue weighted by Gasteiger charge is 2.20. The van der Waals surface area contributed by atoms with E-state index in [0.717, 1.165) is 11.4 Å². The molecular formula is C17H24N3. The van der Waals surface area contributed by atoms with Crippen LogP contribution in [0.3, 0.4) is 0 Å². The second-order valence-electron chi connectivity index (χ2n) is 6.11. The van der Waals surface area contributed by atoms with Crippen LogP contribution < -0.4 is 5.43 Å². The summed E-state index contributed by atoms with van der Waals surface area (Å²) < 4.78 is 0. The summed E-state index contributed by atoms with van der Waals surface area (Å²) in [6, 6.07) is 6.37. The van der Waals surface area contributed by atoms with E-state index in [-0.39, 0.29) is 0 Å². The summed E-state index contributed by atoms with van der Waals surface area (Å²) in [6.07, 6.45) is 13.7. The second kappa shape index (κ2) is 6.87. The van der Waals surface area contributed by atoms with Crippen molar-refractivity contribution >= 4 is 11.4 Å². The predicted octanol–water partition coefficient (Wildman–Crippen LogP) is 5.93. The van der Waals surface area contributed by atoms with Crippen molar-refractivity contribution in [3.63, 3.8) is 0 Å². The number of hydrogen-bond acceptors (Lipinski definition) is 2. The maximum atomic E-state index is 4.25. The number of rotatable bonds is 1. The molecule has 3 nitrogen and oxygen atoms in total. The van der Waals surface area contributed by atoms with E-state index in [1.807, 2.05) is 6.07 Å². The van der Waals surface area contributed by atoms with Gasteiger partial charge in [0.15, 0.2) is 0 Å². The molecule has 2 aliphatic rings. The number of fused-ring (bicyclic) bond motifs is 1. The van der Waals surface area contributed by atoms with E-state index in [0.29, 0.717) is 5.92 Å². The number of nitrogens with zero attached hydrogens (tertiary/aromatic N) is 3. The summed E-state index contributed by atoms with van der Waals surface area (Å²) in [4.78, 5) is 0. The smallest absolute Gasteiger partial charge is 0.119 e. The van der Waals surface area contributed by atoms with Crippen LogP contribution in [-0.4, -0.2) is 0 Å². The average molecular weight is 270 g/mol. The van der Waals surface area contributed by atoms with Gasteiger partial charge in [-0.25, -0.2) is 0 Å². The highest BCUT2D eigenvalue weighted by Crippen LogP contribution is 2.41. The normalized spacial score (nSPS) is 21.0. The van der Waals surface area contributed by atoms with Crippen molar-refractivity contribution in [2.24, 2.45) is 10.3 Å². The Balaban J connectivity index is 1.75. The molecule has 0 saturated heterocycles. The molecule has 1 aromatic carbocycles. The fourth-order valence-corrected chi connectivity index (χ4v) is 3.48. The minimum atomic E-state index is 0.648. The monoisotopic (exact) mass is 270 g/mol. The van der Waals surface area contributed by atoms with E-state index < -0.39 is 0 Å². The Morgan fingerprint density at radius 3 is 2.15 bits per heavy atom. The van der Waals surface area contributed by atoms with Crippen LogP contribution in [0.4, 0.5) is 11.4 Å². The first-order chi connectivity index (χ1) is 9.95. The van der Waals surface area contributed by atoms with Crippen LogP contribution in [0.1, 0.15) is 75.7 Å². The fourth-order valence-electron chi connectivity index (χ4n) is 3.48. The molecule has 1 aliphatic heterocycles. The van der Waals surface area contributed by atoms with E-state index in [4.69, 9.17) is 0 Å². The summed E-state index contributed by atoms with van der Waals surface area (Å²) in [5, 5.41) is 8.09. The highest BCUT2D eigenvalue weighted by molar-refractivity contribution is 5.67. The van der Waals surface area contributed by atoms with E-state index in [1.54, 1.807) is 0 Å². The number of benzene rings is 1. The Morgan fingerprint density at radius 1 is 0.800 bits per heavy atom. The molecule has 0 bridgehead atoms. The fraction of sp³-hybridized carbons (Fsp3) is 0.647. The van der Waals surface area contributed by atoms with Crippen LogP contribution in [0, 0.1) is 0 Å². The zero-order chi connectivity index (χ0) is 13.6. The van der Waals surface area contributed by atoms with Crippen molar-refractivity contribution in [2.45, 2.75) is 70.1 Å². The van der Waals surface area contributed by atoms with Crippen molar-refractivity contribution < 1.29 is 0 Å². The van der Waals surface area contributed by atoms with E-state index in [1.165, 1.54) is 69.8 Å². The summed E-state index contributed by atoms with van der Waals surface area (Å²) >= 11 is 0. The third-order valence-corrected chi connectivity index (χ3v) is 4.64. The molecule has 107 valence electrons. The van der Waals surface area contributed by atoms with Gasteiger partial charge in [0.25, 0.3) is 0 Å². The Kier molecular flexibility index (Phi) is 4.67. The molecule has 1 saturated carbocycles. The lowest BCUT2D eigenvalue weighted by molar-refractivity contribution is 0.515. The maximum Gasteiger partial charge on any atom is 0.119 e. The Labute approximate surface area is 121 Å². The van der Waals surface area contributed by atoms with Crippen molar-refractivity contribution in [3.8, 4) is 0 Å². The lowest BCUT2D eigenvalue weighted by Crippen LogP contribution is -2.00. The molecular weight excluding hydrogens is 246 g/mol. The van der Waals surface area contributed by atoms with Gasteiger partial charge in [0.2, 0.25) is 0 Å². The standard InChI is InChI=1S/C17H24N3/c1-2-4-6-8-11-14(10-7-5-3-1)15-12-9-13-16-17(15)19-20-18-16/h9,12-14H,1-8,10-11H2. The Hall–Kier alpha value is -1.38. The first-order valence-electron chi connectivity index (χ1n) is 8.20. The SMILES string of the molecule is c1cc2c(c(C3CCCCCCCCCC3)c1)N=N[N]2. The van der Waals surface area contributed by atoms with Crippen molar-refractivity contribution in [1.82, 2.24) is 5.43 Å². The predicted molar refractivity (Wildman–Crippen MR) is 81.7 cm³/mol. The molecule has 0 unspecified atom stereocenters. The van der Waals surface area contributed by atoms with Gasteiger partial charge in [-0.1, -0.05) is 63.5 Å². The zero-order valence-electron chi connectivity index (χ0n) is 12.2. The van der Waals surface area contributed by atoms with Crippen molar-refractivity contribution in [1.29, 1.82) is 0 Å². The highest BCUT2D eigenvalue weighted by atomic mass is 15.5. The van der Waals surface area contributed by atoms with Crippen LogP contribution >= 0.6 is 0 Å². The summed E-state index contributed by atoms with van der Waals surface area (Å²) in [7, 11) is 0. The molecule has 1 fully saturated rings. The molecule has 1 aliphatic carbocycles. The van der Waals surface area contributed by atoms with E-state index in [2.05, 4.69) is 27.9 Å². The van der Waals surface area contributed by atoms with Crippen LogP contribution in [0.25, 0.3) is 0 Å². The molecule has 0 amide bonds. The van der Waals surface area contributed by atoms with Gasteiger partial charge in [0.05, 0.1) is 0 Å². The molecule has 3 heteroatoms. The Morgan fingerprint density at radius 2 is 1.45 bits per heavy atom. The van der Waals surface area contributed by atoms with Gasteiger partial charge >= 0.3 is 0 Å². The minimum absolute atomic E-state index is 0.648. The lowest BCUT2D eigenvalue weighted by Gasteiger charge is -2.18. The van der Waals surface area contributed by atoms with Gasteiger partial charge in [-0.15, -0.1) is 10.5 Å². The van der Waals surface area contributed by atoms with Crippen molar-refractivity contribution in [3.05, 3.63) is 23.8 Å². The molecule has 0 spiro atoms. The molecule has 1 heterocycles. The van der Waals surface area contributed by atoms with Gasteiger partial charge < -0.3 is 0 Å². The lowest BCUT2D eigenvalue weighted by atomic mass is 9.87. The number of hydrogen-bond donors (Lipinski definition) is 0. The van der Waals surface area contributed by atoms with E-state index >= 15 is 0 Å². The average Bonchev–Trinajstić information content (AvgIpc) is 2.92. The van der Waals surface area contributed by atoms with Crippen molar-refractivity contribution in [2.75, 3.05) is 0 Å². The third kappa shape index (κ3) is 3.20. The van der Waals surface area contributed by atoms with Crippen LogP contribution in [0.15, 0.2) is 28.5 Å². The first-order valence-corrected chi connectivity index (χ1v) is 8.20. The third-order valence-electron chi connectivity index (χ3n) is 4.64. The molecule has 1 aromatic rings. The molecule has 0 aromatic heterocycles. The topological polar surface area (TPSA) is 38.8 Å². The summed E-state index contributed by atoms with van der Waals surface area (Å²) in [6.45, 7) is 0. The van der Waals surface area contributed by atoms with E-state index in [9.17, 15) is 0 Å². The molecule has 0 atom stereocenters. The van der Waals surface area contributed by atoms with Gasteiger partial charge in [-0.2, -0.15) is 0 Å². The van der Waals surface area contributed by atoms with Crippen LogP contribution in [0.2, 0.25) is 0 Å². The first kappa shape index (κ1) is 13.6. The largest absolute Gasteiger partial charge is 0.128 e. The van der Waals surface area contributed by atoms with Crippen LogP contribution in [0.5, 0.6) is 0 Å². The quantitative estimate of drug-likeness (QED) is 0.606. The van der Waals surface area contributed by atoms with Crippen LogP contribution in [-0.2, 0) is 0 Å². The van der Waals surface area contributed by atoms with Gasteiger partial charge in [0.1, 0.15) is 11.4 Å². The molecule has 0 N–H and O–H groups in total. The Bertz CT molecular complexity index is 455. The van der Waals surface area contributed by atoms with Gasteiger partial charge in [0, 0.05) is 0 Å². The molecule has 1 radical (unpaired) electrons. The summed E-state index contributed by atoms with van der Waals surface area (Å²) in [5.74, 6) is 0.648. The molecule has 3 rings (SSSR count). The minimum Gasteiger partial charge on any atom is -0.128 e. The summed E-state index contributed by atoms with van der Waals surface area (Å²) in [5.41, 5.74) is 7.47. The maximum absolute atomic E-state index is 4.25. The second-order valence-corrected chi connectivity index (χ2v) is 6.11. The van der Waals surface area contributed by atoms with Gasteiger partial charge in [-0.05, 0) is 35.6 Å². The van der Waals surface area contributed by atoms with Gasteiger partial charge in [-0.3, -0.25) is 0 Å². The zero-order valence-corrected chi connectivity index (χ0v) is 12.2. The molecule has 20 heavy (non-hydrogen) atoms.